The van der Waals surface area contributed by atoms with Crippen LogP contribution < -0.4 is 5.73 Å². The number of nitrogens with zero attached hydrogens (tertiary/aromatic N) is 4. The lowest BCUT2D eigenvalue weighted by atomic mass is 10.2. The van der Waals surface area contributed by atoms with E-state index in [9.17, 15) is 4.89 Å². The van der Waals surface area contributed by atoms with E-state index in [1.54, 1.807) is 6.33 Å². The van der Waals surface area contributed by atoms with Crippen LogP contribution in [0.3, 0.4) is 0 Å². The van der Waals surface area contributed by atoms with Gasteiger partial charge in [-0.3, -0.25) is 9.56 Å². The van der Waals surface area contributed by atoms with Crippen molar-refractivity contribution in [2.24, 2.45) is 15.7 Å². The number of imidazole rings is 1. The minimum absolute atomic E-state index is 0.115. The highest BCUT2D eigenvalue weighted by molar-refractivity contribution is 7.40. The van der Waals surface area contributed by atoms with Crippen molar-refractivity contribution in [3.63, 3.8) is 0 Å². The molecule has 2 rings (SSSR count). The molecule has 1 aliphatic heterocycles. The highest BCUT2D eigenvalue weighted by Crippen LogP contribution is 2.36. The molecule has 1 aliphatic rings. The topological polar surface area (TPSA) is 116 Å². The molecular weight excluding hydrogens is 309 g/mol. The van der Waals surface area contributed by atoms with Gasteiger partial charge < -0.3 is 24.4 Å². The van der Waals surface area contributed by atoms with E-state index in [1.807, 2.05) is 4.57 Å². The fourth-order valence-electron chi connectivity index (χ4n) is 2.20. The highest BCUT2D eigenvalue weighted by atomic mass is 31.2. The molecule has 0 aliphatic carbocycles. The van der Waals surface area contributed by atoms with Crippen molar-refractivity contribution in [2.75, 3.05) is 13.7 Å². The van der Waals surface area contributed by atoms with Crippen molar-refractivity contribution >= 4 is 27.5 Å². The lowest BCUT2D eigenvalue weighted by Crippen LogP contribution is -2.15. The summed E-state index contributed by atoms with van der Waals surface area (Å²) in [7, 11) is -0.444. The van der Waals surface area contributed by atoms with Crippen LogP contribution in [-0.4, -0.2) is 47.3 Å². The maximum atomic E-state index is 9.28. The molecule has 10 heteroatoms. The SMILES string of the molecule is C=NC=Nc1c(CN)ncn1C1CCC(COP(O)OC)O1. The third-order valence-electron chi connectivity index (χ3n) is 3.22. The molecule has 0 saturated carbocycles. The maximum absolute atomic E-state index is 9.28. The number of rotatable bonds is 8. The smallest absolute Gasteiger partial charge is 0.329 e. The number of ether oxygens (including phenoxy) is 1. The van der Waals surface area contributed by atoms with Crippen LogP contribution in [0.2, 0.25) is 0 Å². The number of aromatic nitrogens is 2. The summed E-state index contributed by atoms with van der Waals surface area (Å²) in [5.41, 5.74) is 6.33. The molecule has 0 bridgehead atoms. The zero-order valence-corrected chi connectivity index (χ0v) is 13.2. The molecule has 3 N–H and O–H groups in total. The van der Waals surface area contributed by atoms with Crippen molar-refractivity contribution in [1.82, 2.24) is 9.55 Å². The van der Waals surface area contributed by atoms with Crippen molar-refractivity contribution in [3.8, 4) is 0 Å². The number of nitrogens with two attached hydrogens (primary N) is 1. The molecule has 1 aromatic rings. The van der Waals surface area contributed by atoms with Crippen molar-refractivity contribution in [2.45, 2.75) is 31.7 Å². The Balaban J connectivity index is 2.02. The van der Waals surface area contributed by atoms with Crippen LogP contribution in [0, 0.1) is 0 Å². The van der Waals surface area contributed by atoms with Crippen LogP contribution >= 0.6 is 8.60 Å². The average Bonchev–Trinajstić information content (AvgIpc) is 3.16. The zero-order chi connectivity index (χ0) is 15.9. The molecule has 1 saturated heterocycles. The molecule has 22 heavy (non-hydrogen) atoms. The molecular formula is C12H20N5O4P. The molecule has 122 valence electrons. The molecule has 2 heterocycles. The van der Waals surface area contributed by atoms with Crippen molar-refractivity contribution in [1.29, 1.82) is 0 Å². The first kappa shape index (κ1) is 17.1. The summed E-state index contributed by atoms with van der Waals surface area (Å²) in [4.78, 5) is 21.3. The Labute approximate surface area is 129 Å². The standard InChI is InChI=1S/C12H20N5O4P/c1-14-7-15-12-10(5-13)16-8-17(12)11-4-3-9(21-11)6-20-22(18)19-2/h7-9,11,18H,1,3-6,13H2,2H3. The van der Waals surface area contributed by atoms with Crippen molar-refractivity contribution in [3.05, 3.63) is 12.0 Å². The summed E-state index contributed by atoms with van der Waals surface area (Å²) in [6.07, 6.45) is 4.27. The molecule has 9 nitrogen and oxygen atoms in total. The summed E-state index contributed by atoms with van der Waals surface area (Å²) >= 11 is 0. The Kier molecular flexibility index (Phi) is 6.56. The van der Waals surface area contributed by atoms with E-state index in [4.69, 9.17) is 15.0 Å². The summed E-state index contributed by atoms with van der Waals surface area (Å²) in [6.45, 7) is 3.91. The Bertz CT molecular complexity index is 524. The molecule has 0 amide bonds. The van der Waals surface area contributed by atoms with Gasteiger partial charge in [0, 0.05) is 13.7 Å². The summed E-state index contributed by atoms with van der Waals surface area (Å²) in [6, 6.07) is 0. The van der Waals surface area contributed by atoms with E-state index in [1.165, 1.54) is 13.4 Å². The monoisotopic (exact) mass is 329 g/mol. The van der Waals surface area contributed by atoms with Gasteiger partial charge in [-0.05, 0) is 19.6 Å². The van der Waals surface area contributed by atoms with E-state index >= 15 is 0 Å². The zero-order valence-electron chi connectivity index (χ0n) is 12.3. The van der Waals surface area contributed by atoms with Gasteiger partial charge in [0.1, 0.15) is 12.6 Å². The van der Waals surface area contributed by atoms with Gasteiger partial charge in [0.05, 0.1) is 24.7 Å². The predicted molar refractivity (Wildman–Crippen MR) is 83.1 cm³/mol. The second kappa shape index (κ2) is 8.42. The molecule has 3 atom stereocenters. The largest absolute Gasteiger partial charge is 0.352 e. The molecule has 1 fully saturated rings. The number of aliphatic imine (C=N–C) groups is 2. The fraction of sp³-hybridized carbons (Fsp3) is 0.583. The van der Waals surface area contributed by atoms with Crippen LogP contribution in [0.15, 0.2) is 16.3 Å². The third kappa shape index (κ3) is 4.16. The van der Waals surface area contributed by atoms with E-state index in [0.29, 0.717) is 11.5 Å². The Morgan fingerprint density at radius 3 is 3.18 bits per heavy atom. The van der Waals surface area contributed by atoms with Gasteiger partial charge in [-0.15, -0.1) is 0 Å². The van der Waals surface area contributed by atoms with E-state index < -0.39 is 8.60 Å². The summed E-state index contributed by atoms with van der Waals surface area (Å²) in [5.74, 6) is 0.614. The minimum atomic E-state index is -1.83. The van der Waals surface area contributed by atoms with Crippen LogP contribution in [0.1, 0.15) is 24.8 Å². The number of hydrogen-bond acceptors (Lipinski definition) is 7. The third-order valence-corrected chi connectivity index (χ3v) is 3.90. The van der Waals surface area contributed by atoms with Crippen molar-refractivity contribution < 1.29 is 18.7 Å². The quantitative estimate of drug-likeness (QED) is 0.421. The van der Waals surface area contributed by atoms with Crippen LogP contribution in [-0.2, 0) is 20.3 Å². The first-order valence-corrected chi connectivity index (χ1v) is 7.88. The van der Waals surface area contributed by atoms with Gasteiger partial charge >= 0.3 is 8.60 Å². The molecule has 0 radical (unpaired) electrons. The Morgan fingerprint density at radius 2 is 2.50 bits per heavy atom. The second-order valence-electron chi connectivity index (χ2n) is 4.56. The first-order valence-electron chi connectivity index (χ1n) is 6.75. The Morgan fingerprint density at radius 1 is 1.68 bits per heavy atom. The lowest BCUT2D eigenvalue weighted by Gasteiger charge is -2.16. The predicted octanol–water partition coefficient (Wildman–Crippen LogP) is 1.26. The van der Waals surface area contributed by atoms with E-state index in [0.717, 1.165) is 12.8 Å². The first-order chi connectivity index (χ1) is 10.7. The average molecular weight is 329 g/mol. The highest BCUT2D eigenvalue weighted by Gasteiger charge is 2.29. The van der Waals surface area contributed by atoms with Gasteiger partial charge in [-0.25, -0.2) is 9.98 Å². The van der Waals surface area contributed by atoms with E-state index in [-0.39, 0.29) is 25.5 Å². The van der Waals surface area contributed by atoms with Gasteiger partial charge in [0.25, 0.3) is 0 Å². The van der Waals surface area contributed by atoms with E-state index in [2.05, 4.69) is 26.2 Å². The van der Waals surface area contributed by atoms with Gasteiger partial charge in [-0.2, -0.15) is 0 Å². The molecule has 0 aromatic carbocycles. The lowest BCUT2D eigenvalue weighted by molar-refractivity contribution is -0.0190. The van der Waals surface area contributed by atoms with Gasteiger partial charge in [0.15, 0.2) is 5.82 Å². The second-order valence-corrected chi connectivity index (χ2v) is 5.66. The van der Waals surface area contributed by atoms with Crippen LogP contribution in [0.5, 0.6) is 0 Å². The molecule has 3 unspecified atom stereocenters. The minimum Gasteiger partial charge on any atom is -0.352 e. The summed E-state index contributed by atoms with van der Waals surface area (Å²) < 4.78 is 17.6. The van der Waals surface area contributed by atoms with Gasteiger partial charge in [0.2, 0.25) is 0 Å². The maximum Gasteiger partial charge on any atom is 0.329 e. The Hall–Kier alpha value is -1.22. The van der Waals surface area contributed by atoms with Crippen LogP contribution in [0.25, 0.3) is 0 Å². The normalized spacial score (nSPS) is 23.2. The number of hydrogen-bond donors (Lipinski definition) is 2. The molecule has 0 spiro atoms. The summed E-state index contributed by atoms with van der Waals surface area (Å²) in [5, 5.41) is 0. The van der Waals surface area contributed by atoms with Gasteiger partial charge in [-0.1, -0.05) is 0 Å². The molecule has 1 aromatic heterocycles. The fourth-order valence-corrected chi connectivity index (χ4v) is 2.60. The van der Waals surface area contributed by atoms with Crippen LogP contribution in [0.4, 0.5) is 5.82 Å².